The van der Waals surface area contributed by atoms with Crippen molar-refractivity contribution in [3.63, 3.8) is 0 Å². The molecule has 0 aliphatic rings. The fourth-order valence-electron chi connectivity index (χ4n) is 1.80. The molecule has 0 saturated heterocycles. The molecule has 19 heavy (non-hydrogen) atoms. The number of rotatable bonds is 5. The van der Waals surface area contributed by atoms with E-state index in [2.05, 4.69) is 15.3 Å². The van der Waals surface area contributed by atoms with Crippen LogP contribution in [0.15, 0.2) is 35.1 Å². The highest BCUT2D eigenvalue weighted by atomic mass is 16.5. The van der Waals surface area contributed by atoms with Gasteiger partial charge in [0.1, 0.15) is 17.4 Å². The zero-order valence-corrected chi connectivity index (χ0v) is 11.1. The van der Waals surface area contributed by atoms with Gasteiger partial charge in [0, 0.05) is 12.6 Å². The highest BCUT2D eigenvalue weighted by Gasteiger charge is 1.98. The third-order valence-corrected chi connectivity index (χ3v) is 2.74. The molecule has 5 heteroatoms. The lowest BCUT2D eigenvalue weighted by atomic mass is 10.1. The van der Waals surface area contributed by atoms with E-state index in [1.165, 1.54) is 11.6 Å². The molecule has 0 unspecified atom stereocenters. The summed E-state index contributed by atoms with van der Waals surface area (Å²) in [5.74, 6) is 2.07. The number of hydrogen-bond donors (Lipinski definition) is 2. The Hall–Kier alpha value is -2.30. The van der Waals surface area contributed by atoms with Gasteiger partial charge in [-0.2, -0.15) is 0 Å². The van der Waals surface area contributed by atoms with E-state index in [4.69, 9.17) is 4.74 Å². The van der Waals surface area contributed by atoms with Crippen molar-refractivity contribution in [3.8, 4) is 5.75 Å². The molecule has 0 spiro atoms. The summed E-state index contributed by atoms with van der Waals surface area (Å²) in [6.45, 7) is 2.48. The van der Waals surface area contributed by atoms with E-state index in [1.54, 1.807) is 14.0 Å². The molecule has 100 valence electrons. The normalized spacial score (nSPS) is 10.2. The summed E-state index contributed by atoms with van der Waals surface area (Å²) in [4.78, 5) is 18.1. The fraction of sp³-hybridized carbons (Fsp3) is 0.286. The molecule has 0 bridgehead atoms. The number of hydrogen-bond acceptors (Lipinski definition) is 4. The highest BCUT2D eigenvalue weighted by Crippen LogP contribution is 2.11. The summed E-state index contributed by atoms with van der Waals surface area (Å²) in [5, 5.41) is 3.14. The number of methoxy groups -OCH3 is 1. The number of benzene rings is 1. The van der Waals surface area contributed by atoms with Crippen LogP contribution in [0.3, 0.4) is 0 Å². The molecule has 2 rings (SSSR count). The topological polar surface area (TPSA) is 67.0 Å². The van der Waals surface area contributed by atoms with Crippen molar-refractivity contribution >= 4 is 5.82 Å². The Morgan fingerprint density at radius 1 is 1.32 bits per heavy atom. The zero-order valence-electron chi connectivity index (χ0n) is 11.1. The Morgan fingerprint density at radius 3 is 2.68 bits per heavy atom. The number of nitrogens with zero attached hydrogens (tertiary/aromatic N) is 1. The SMILES string of the molecule is COc1ccc(CCNc2cc(=O)[nH]c(C)n2)cc1. The van der Waals surface area contributed by atoms with Gasteiger partial charge >= 0.3 is 0 Å². The van der Waals surface area contributed by atoms with Crippen LogP contribution >= 0.6 is 0 Å². The second-order valence-corrected chi connectivity index (χ2v) is 4.24. The maximum Gasteiger partial charge on any atom is 0.252 e. The smallest absolute Gasteiger partial charge is 0.252 e. The van der Waals surface area contributed by atoms with Crippen LogP contribution in [0.4, 0.5) is 5.82 Å². The molecule has 0 fully saturated rings. The molecule has 0 radical (unpaired) electrons. The van der Waals surface area contributed by atoms with Crippen molar-refractivity contribution in [3.05, 3.63) is 52.1 Å². The fourth-order valence-corrected chi connectivity index (χ4v) is 1.80. The van der Waals surface area contributed by atoms with E-state index in [9.17, 15) is 4.79 Å². The first-order valence-corrected chi connectivity index (χ1v) is 6.12. The van der Waals surface area contributed by atoms with Gasteiger partial charge in [-0.25, -0.2) is 4.98 Å². The minimum Gasteiger partial charge on any atom is -0.497 e. The number of aryl methyl sites for hydroxylation is 1. The molecular formula is C14H17N3O2. The molecule has 2 N–H and O–H groups in total. The first kappa shape index (κ1) is 13.1. The predicted molar refractivity (Wildman–Crippen MR) is 74.8 cm³/mol. The van der Waals surface area contributed by atoms with Crippen molar-refractivity contribution in [1.82, 2.24) is 9.97 Å². The molecule has 0 saturated carbocycles. The number of anilines is 1. The van der Waals surface area contributed by atoms with E-state index in [0.717, 1.165) is 18.7 Å². The van der Waals surface area contributed by atoms with Crippen molar-refractivity contribution in [2.45, 2.75) is 13.3 Å². The second-order valence-electron chi connectivity index (χ2n) is 4.24. The van der Waals surface area contributed by atoms with Gasteiger partial charge in [-0.1, -0.05) is 12.1 Å². The average Bonchev–Trinajstić information content (AvgIpc) is 2.38. The minimum atomic E-state index is -0.139. The monoisotopic (exact) mass is 259 g/mol. The van der Waals surface area contributed by atoms with Gasteiger partial charge in [-0.05, 0) is 31.0 Å². The quantitative estimate of drug-likeness (QED) is 0.858. The van der Waals surface area contributed by atoms with Crippen LogP contribution < -0.4 is 15.6 Å². The summed E-state index contributed by atoms with van der Waals surface area (Å²) in [6, 6.07) is 9.38. The molecule has 0 amide bonds. The van der Waals surface area contributed by atoms with Gasteiger partial charge in [0.15, 0.2) is 0 Å². The molecule has 0 aliphatic heterocycles. The lowest BCUT2D eigenvalue weighted by Gasteiger charge is -2.06. The summed E-state index contributed by atoms with van der Waals surface area (Å²) >= 11 is 0. The number of aromatic nitrogens is 2. The van der Waals surface area contributed by atoms with E-state index in [0.29, 0.717) is 11.6 Å². The van der Waals surface area contributed by atoms with Gasteiger partial charge in [0.25, 0.3) is 5.56 Å². The zero-order chi connectivity index (χ0) is 13.7. The molecule has 0 aliphatic carbocycles. The van der Waals surface area contributed by atoms with Crippen molar-refractivity contribution in [2.24, 2.45) is 0 Å². The van der Waals surface area contributed by atoms with Gasteiger partial charge in [0.2, 0.25) is 0 Å². The molecule has 1 aromatic carbocycles. The first-order valence-electron chi connectivity index (χ1n) is 6.12. The van der Waals surface area contributed by atoms with E-state index in [1.807, 2.05) is 24.3 Å². The molecule has 1 heterocycles. The van der Waals surface area contributed by atoms with E-state index in [-0.39, 0.29) is 5.56 Å². The Bertz CT molecular complexity index is 590. The Labute approximate surface area is 111 Å². The minimum absolute atomic E-state index is 0.139. The van der Waals surface area contributed by atoms with Crippen LogP contribution in [-0.4, -0.2) is 23.6 Å². The van der Waals surface area contributed by atoms with Crippen molar-refractivity contribution < 1.29 is 4.74 Å². The van der Waals surface area contributed by atoms with Gasteiger partial charge in [-0.3, -0.25) is 4.79 Å². The Balaban J connectivity index is 1.90. The van der Waals surface area contributed by atoms with E-state index < -0.39 is 0 Å². The highest BCUT2D eigenvalue weighted by molar-refractivity contribution is 5.33. The van der Waals surface area contributed by atoms with Crippen molar-refractivity contribution in [2.75, 3.05) is 19.0 Å². The number of nitrogens with one attached hydrogen (secondary N) is 2. The lowest BCUT2D eigenvalue weighted by molar-refractivity contribution is 0.414. The number of aromatic amines is 1. The van der Waals surface area contributed by atoms with E-state index >= 15 is 0 Å². The van der Waals surface area contributed by atoms with Crippen LogP contribution in [0.2, 0.25) is 0 Å². The molecule has 1 aromatic heterocycles. The lowest BCUT2D eigenvalue weighted by Crippen LogP contribution is -2.13. The van der Waals surface area contributed by atoms with Gasteiger partial charge in [-0.15, -0.1) is 0 Å². The van der Waals surface area contributed by atoms with Gasteiger partial charge in [0.05, 0.1) is 7.11 Å². The number of H-pyrrole nitrogens is 1. The maximum absolute atomic E-state index is 11.3. The summed E-state index contributed by atoms with van der Waals surface area (Å²) in [7, 11) is 1.65. The van der Waals surface area contributed by atoms with Crippen LogP contribution in [0.25, 0.3) is 0 Å². The van der Waals surface area contributed by atoms with Crippen LogP contribution in [0, 0.1) is 6.92 Å². The summed E-state index contributed by atoms with van der Waals surface area (Å²) in [6.07, 6.45) is 0.859. The molecule has 0 atom stereocenters. The second kappa shape index (κ2) is 6.04. The molecular weight excluding hydrogens is 242 g/mol. The predicted octanol–water partition coefficient (Wildman–Crippen LogP) is 1.74. The van der Waals surface area contributed by atoms with Crippen LogP contribution in [-0.2, 0) is 6.42 Å². The van der Waals surface area contributed by atoms with Crippen molar-refractivity contribution in [1.29, 1.82) is 0 Å². The summed E-state index contributed by atoms with van der Waals surface area (Å²) < 4.78 is 5.11. The Morgan fingerprint density at radius 2 is 2.05 bits per heavy atom. The average molecular weight is 259 g/mol. The third kappa shape index (κ3) is 3.84. The number of ether oxygens (including phenoxy) is 1. The maximum atomic E-state index is 11.3. The molecule has 2 aromatic rings. The Kier molecular flexibility index (Phi) is 4.18. The summed E-state index contributed by atoms with van der Waals surface area (Å²) in [5.41, 5.74) is 1.06. The van der Waals surface area contributed by atoms with Crippen LogP contribution in [0.5, 0.6) is 5.75 Å². The third-order valence-electron chi connectivity index (χ3n) is 2.74. The van der Waals surface area contributed by atoms with Crippen LogP contribution in [0.1, 0.15) is 11.4 Å². The molecule has 5 nitrogen and oxygen atoms in total. The van der Waals surface area contributed by atoms with Gasteiger partial charge < -0.3 is 15.0 Å². The first-order chi connectivity index (χ1) is 9.17. The standard InChI is InChI=1S/C14H17N3O2/c1-10-16-13(9-14(18)17-10)15-8-7-11-3-5-12(19-2)6-4-11/h3-6,9H,7-8H2,1-2H3,(H2,15,16,17,18). The largest absolute Gasteiger partial charge is 0.497 e.